The summed E-state index contributed by atoms with van der Waals surface area (Å²) in [6.45, 7) is 1.63. The Balaban J connectivity index is 0.984. The van der Waals surface area contributed by atoms with Gasteiger partial charge in [-0.15, -0.1) is 0 Å². The van der Waals surface area contributed by atoms with E-state index in [0.29, 0.717) is 24.1 Å². The van der Waals surface area contributed by atoms with E-state index in [2.05, 4.69) is 59.0 Å². The van der Waals surface area contributed by atoms with Crippen molar-refractivity contribution < 1.29 is 14.4 Å². The molecule has 4 aliphatic carbocycles. The summed E-state index contributed by atoms with van der Waals surface area (Å²) in [5, 5.41) is 8.33. The van der Waals surface area contributed by atoms with Crippen LogP contribution >= 0.6 is 0 Å². The number of hydrogen-bond donors (Lipinski definition) is 2. The quantitative estimate of drug-likeness (QED) is 0.382. The average molecular weight is 563 g/mol. The highest BCUT2D eigenvalue weighted by Gasteiger charge is 2.50. The largest absolute Gasteiger partial charge is 0.370 e. The van der Waals surface area contributed by atoms with Crippen LogP contribution in [0.4, 0.5) is 11.4 Å². The maximum absolute atomic E-state index is 13.5. The predicted octanol–water partition coefficient (Wildman–Crippen LogP) is 5.30. The molecule has 2 N–H and O–H groups in total. The van der Waals surface area contributed by atoms with Gasteiger partial charge in [0, 0.05) is 48.7 Å². The van der Waals surface area contributed by atoms with E-state index in [-0.39, 0.29) is 18.2 Å². The second kappa shape index (κ2) is 9.66. The normalized spacial score (nSPS) is 29.5. The Morgan fingerprint density at radius 2 is 1.64 bits per heavy atom. The predicted molar refractivity (Wildman–Crippen MR) is 163 cm³/mol. The zero-order valence-electron chi connectivity index (χ0n) is 24.2. The molecule has 7 nitrogen and oxygen atoms in total. The lowest BCUT2D eigenvalue weighted by atomic mass is 9.53. The second-order valence-corrected chi connectivity index (χ2v) is 13.7. The van der Waals surface area contributed by atoms with E-state index in [1.54, 1.807) is 4.90 Å². The van der Waals surface area contributed by atoms with Crippen molar-refractivity contribution in [2.45, 2.75) is 76.0 Å². The van der Waals surface area contributed by atoms with E-state index in [1.807, 2.05) is 18.2 Å². The van der Waals surface area contributed by atoms with Gasteiger partial charge in [0.15, 0.2) is 0 Å². The van der Waals surface area contributed by atoms with Gasteiger partial charge in [0.2, 0.25) is 11.8 Å². The van der Waals surface area contributed by atoms with Crippen molar-refractivity contribution in [2.24, 2.45) is 17.8 Å². The molecule has 3 amide bonds. The van der Waals surface area contributed by atoms with Gasteiger partial charge in [0.05, 0.1) is 5.69 Å². The van der Waals surface area contributed by atoms with Crippen LogP contribution in [0.2, 0.25) is 0 Å². The standard InChI is InChI=1S/C35H38N4O3/c1-38(26-8-5-21(6-9-26)19-36-35-16-22-13-23(17-35)15-24(14-22)18-35)20-25-7-10-29-32-27(25)3-2-4-28(32)34(42)39(29)30-11-12-31(40)37-33(30)41/h2-10,22-24,30,36H,11-20H2,1H3,(H,37,40,41). The Morgan fingerprint density at radius 3 is 2.33 bits per heavy atom. The minimum absolute atomic E-state index is 0.173. The highest BCUT2D eigenvalue weighted by molar-refractivity contribution is 6.27. The second-order valence-electron chi connectivity index (χ2n) is 13.7. The maximum Gasteiger partial charge on any atom is 0.259 e. The van der Waals surface area contributed by atoms with Crippen molar-refractivity contribution in [3.63, 3.8) is 0 Å². The van der Waals surface area contributed by atoms with Gasteiger partial charge < -0.3 is 10.2 Å². The van der Waals surface area contributed by atoms with E-state index in [1.165, 1.54) is 44.1 Å². The van der Waals surface area contributed by atoms with Crippen molar-refractivity contribution >= 4 is 39.9 Å². The molecule has 7 heteroatoms. The Labute approximate surface area is 246 Å². The fourth-order valence-corrected chi connectivity index (χ4v) is 9.27. The highest BCUT2D eigenvalue weighted by Crippen LogP contribution is 2.55. The van der Waals surface area contributed by atoms with Crippen LogP contribution < -0.4 is 20.4 Å². The van der Waals surface area contributed by atoms with E-state index in [9.17, 15) is 14.4 Å². The summed E-state index contributed by atoms with van der Waals surface area (Å²) in [5.74, 6) is 1.99. The third kappa shape index (κ3) is 4.24. The first-order chi connectivity index (χ1) is 20.4. The lowest BCUT2D eigenvalue weighted by Gasteiger charge is -2.57. The number of nitrogens with zero attached hydrogens (tertiary/aromatic N) is 2. The molecule has 2 heterocycles. The molecule has 0 aromatic heterocycles. The minimum Gasteiger partial charge on any atom is -0.370 e. The van der Waals surface area contributed by atoms with Gasteiger partial charge >= 0.3 is 0 Å². The smallest absolute Gasteiger partial charge is 0.259 e. The zero-order valence-corrected chi connectivity index (χ0v) is 24.2. The van der Waals surface area contributed by atoms with Crippen LogP contribution in [0, 0.1) is 17.8 Å². The number of benzene rings is 3. The van der Waals surface area contributed by atoms with E-state index in [4.69, 9.17) is 0 Å². The molecule has 6 aliphatic rings. The molecule has 0 radical (unpaired) electrons. The summed E-state index contributed by atoms with van der Waals surface area (Å²) >= 11 is 0. The molecule has 4 bridgehead atoms. The Kier molecular flexibility index (Phi) is 5.97. The molecule has 3 aromatic rings. The highest BCUT2D eigenvalue weighted by atomic mass is 16.2. The summed E-state index contributed by atoms with van der Waals surface area (Å²) in [5.41, 5.74) is 5.35. The number of carbonyl (C=O) groups is 3. The fraction of sp³-hybridized carbons (Fsp3) is 0.457. The topological polar surface area (TPSA) is 81.8 Å². The molecule has 1 unspecified atom stereocenters. The Hall–Kier alpha value is -3.71. The third-order valence-electron chi connectivity index (χ3n) is 10.8. The Bertz CT molecular complexity index is 1580. The molecule has 9 rings (SSSR count). The van der Waals surface area contributed by atoms with Gasteiger partial charge in [-0.25, -0.2) is 0 Å². The van der Waals surface area contributed by atoms with Crippen LogP contribution in [0.5, 0.6) is 0 Å². The van der Waals surface area contributed by atoms with Gasteiger partial charge in [-0.3, -0.25) is 24.6 Å². The maximum atomic E-state index is 13.5. The summed E-state index contributed by atoms with van der Waals surface area (Å²) in [6.07, 6.45) is 9.08. The van der Waals surface area contributed by atoms with E-state index >= 15 is 0 Å². The van der Waals surface area contributed by atoms with Crippen LogP contribution in [-0.4, -0.2) is 36.3 Å². The summed E-state index contributed by atoms with van der Waals surface area (Å²) in [6, 6.07) is 18.1. The Morgan fingerprint density at radius 1 is 0.929 bits per heavy atom. The van der Waals surface area contributed by atoms with Crippen molar-refractivity contribution in [1.29, 1.82) is 0 Å². The molecule has 0 spiro atoms. The first-order valence-corrected chi connectivity index (χ1v) is 15.6. The molecular weight excluding hydrogens is 524 g/mol. The van der Waals surface area contributed by atoms with Crippen LogP contribution in [0.1, 0.15) is 72.9 Å². The number of piperidine rings is 1. The third-order valence-corrected chi connectivity index (χ3v) is 10.8. The number of nitrogens with one attached hydrogen (secondary N) is 2. The monoisotopic (exact) mass is 562 g/mol. The van der Waals surface area contributed by atoms with Crippen LogP contribution in [0.25, 0.3) is 10.8 Å². The van der Waals surface area contributed by atoms with Gasteiger partial charge in [0.1, 0.15) is 6.04 Å². The molecule has 1 saturated heterocycles. The zero-order chi connectivity index (χ0) is 28.6. The summed E-state index contributed by atoms with van der Waals surface area (Å²) in [4.78, 5) is 41.7. The lowest BCUT2D eigenvalue weighted by Crippen LogP contribution is -2.58. The van der Waals surface area contributed by atoms with Gasteiger partial charge in [-0.1, -0.05) is 30.3 Å². The van der Waals surface area contributed by atoms with Crippen LogP contribution in [0.15, 0.2) is 54.6 Å². The van der Waals surface area contributed by atoms with Gasteiger partial charge in [-0.05, 0) is 103 Å². The number of carbonyl (C=O) groups excluding carboxylic acids is 3. The fourth-order valence-electron chi connectivity index (χ4n) is 9.27. The first-order valence-electron chi connectivity index (χ1n) is 15.6. The van der Waals surface area contributed by atoms with Gasteiger partial charge in [0.25, 0.3) is 5.91 Å². The summed E-state index contributed by atoms with van der Waals surface area (Å²) in [7, 11) is 2.10. The molecular formula is C35H38N4O3. The van der Waals surface area contributed by atoms with Crippen molar-refractivity contribution in [1.82, 2.24) is 10.6 Å². The summed E-state index contributed by atoms with van der Waals surface area (Å²) < 4.78 is 0. The first kappa shape index (κ1) is 26.0. The molecule has 2 aliphatic heterocycles. The lowest BCUT2D eigenvalue weighted by molar-refractivity contribution is -0.134. The van der Waals surface area contributed by atoms with Crippen LogP contribution in [-0.2, 0) is 22.7 Å². The molecule has 3 aromatic carbocycles. The molecule has 42 heavy (non-hydrogen) atoms. The van der Waals surface area contributed by atoms with E-state index in [0.717, 1.165) is 52.0 Å². The SMILES string of the molecule is CN(Cc1ccc2c3c(cccc13)C(=O)N2C1CCC(=O)NC1=O)c1ccc(CNC23CC4CC(CC(C4)C2)C3)cc1. The number of rotatable bonds is 7. The van der Waals surface area contributed by atoms with Crippen molar-refractivity contribution in [3.05, 3.63) is 71.3 Å². The van der Waals surface area contributed by atoms with Crippen molar-refractivity contribution in [2.75, 3.05) is 16.8 Å². The van der Waals surface area contributed by atoms with Crippen LogP contribution in [0.3, 0.4) is 0 Å². The number of amides is 3. The number of imide groups is 1. The molecule has 1 atom stereocenters. The average Bonchev–Trinajstić information content (AvgIpc) is 3.25. The molecule has 4 saturated carbocycles. The minimum atomic E-state index is -0.671. The number of hydrogen-bond acceptors (Lipinski definition) is 5. The molecule has 216 valence electrons. The van der Waals surface area contributed by atoms with E-state index < -0.39 is 11.9 Å². The van der Waals surface area contributed by atoms with Crippen molar-refractivity contribution in [3.8, 4) is 0 Å². The molecule has 5 fully saturated rings. The van der Waals surface area contributed by atoms with Gasteiger partial charge in [-0.2, -0.15) is 0 Å². The number of anilines is 2.